The molecule has 1 fully saturated rings. The molecule has 4 aromatic carbocycles. The summed E-state index contributed by atoms with van der Waals surface area (Å²) in [6.45, 7) is 3.25. The van der Waals surface area contributed by atoms with Crippen LogP contribution in [0.5, 0.6) is 23.0 Å². The number of likely N-dealkylation sites (N-methyl/N-ethyl adjacent to an activating group) is 3. The Kier molecular flexibility index (Phi) is 17.8. The van der Waals surface area contributed by atoms with Gasteiger partial charge in [0.2, 0.25) is 35.4 Å². The van der Waals surface area contributed by atoms with E-state index in [9.17, 15) is 38.4 Å². The van der Waals surface area contributed by atoms with Gasteiger partial charge in [-0.25, -0.2) is 9.59 Å². The van der Waals surface area contributed by atoms with Crippen LogP contribution >= 0.6 is 0 Å². The Morgan fingerprint density at radius 2 is 1.35 bits per heavy atom. The number of cyclic esters (lactones) is 1. The molecule has 3 aliphatic heterocycles. The molecule has 7 atom stereocenters. The highest BCUT2D eigenvalue weighted by atomic mass is 16.6. The monoisotopic (exact) mass is 991 g/mol. The van der Waals surface area contributed by atoms with Gasteiger partial charge in [-0.15, -0.1) is 0 Å². The molecule has 3 aliphatic rings. The zero-order valence-corrected chi connectivity index (χ0v) is 41.5. The molecular formula is C52H61N7O13. The average Bonchev–Trinajstić information content (AvgIpc) is 3.38. The molecule has 382 valence electrons. The van der Waals surface area contributed by atoms with Crippen LogP contribution < -0.4 is 35.5 Å². The van der Waals surface area contributed by atoms with Crippen molar-refractivity contribution in [1.82, 2.24) is 36.0 Å². The van der Waals surface area contributed by atoms with E-state index in [1.54, 1.807) is 97.1 Å². The summed E-state index contributed by atoms with van der Waals surface area (Å²) in [7, 11) is 7.13. The molecule has 72 heavy (non-hydrogen) atoms. The Morgan fingerprint density at radius 1 is 0.708 bits per heavy atom. The Bertz CT molecular complexity index is 2610. The number of rotatable bonds is 9. The minimum absolute atomic E-state index is 0.0223. The van der Waals surface area contributed by atoms with Crippen LogP contribution in [0.15, 0.2) is 97.1 Å². The number of nitrogens with one attached hydrogen (secondary N) is 4. The van der Waals surface area contributed by atoms with Gasteiger partial charge < -0.3 is 59.7 Å². The number of hydrogen-bond acceptors (Lipinski definition) is 13. The van der Waals surface area contributed by atoms with Crippen LogP contribution in [0.1, 0.15) is 43.0 Å². The molecule has 4 N–H and O–H groups in total. The third kappa shape index (κ3) is 13.4. The maximum Gasteiger partial charge on any atom is 0.408 e. The molecule has 0 aromatic heterocycles. The van der Waals surface area contributed by atoms with Gasteiger partial charge in [-0.05, 0) is 79.4 Å². The fourth-order valence-electron chi connectivity index (χ4n) is 8.14. The lowest BCUT2D eigenvalue weighted by Crippen LogP contribution is -2.60. The standard InChI is InChI=1S/C52H61N7O13/c1-30(55-52(67)71-28-35-12-10-9-11-13-35)45(60)56-39-29-70-51(66)32(3)54-47(62)41-26-36-18-23-43(69-8)44(27-36)72-38-21-16-34(17-22-38)25-42(50(65)58(41)5)59(6)48(63)31(2)53-46(61)40(57(4)49(39)64)24-33-14-19-37(68-7)20-15-33/h9-23,27,30-32,39-42H,24-26,28-29H2,1-8H3,(H,53,61)(H,54,62)(H,55,67)(H,56,60)/t30?,31-,32+,39-,40-,41-,42-/m0/s1. The Hall–Kier alpha value is -8.16. The van der Waals surface area contributed by atoms with E-state index in [2.05, 4.69) is 21.3 Å². The van der Waals surface area contributed by atoms with Gasteiger partial charge in [0.05, 0.1) is 14.2 Å². The molecule has 6 bridgehead atoms. The molecule has 1 saturated heterocycles. The summed E-state index contributed by atoms with van der Waals surface area (Å²) in [6.07, 6.45) is -1.15. The molecule has 7 amide bonds. The minimum atomic E-state index is -1.67. The molecule has 0 spiro atoms. The largest absolute Gasteiger partial charge is 0.497 e. The van der Waals surface area contributed by atoms with E-state index in [4.69, 9.17) is 23.7 Å². The second-order valence-corrected chi connectivity index (χ2v) is 17.7. The molecule has 0 saturated carbocycles. The first-order valence-corrected chi connectivity index (χ1v) is 23.3. The Labute approximate surface area is 417 Å². The number of fused-ring (bicyclic) bond motifs is 2. The summed E-state index contributed by atoms with van der Waals surface area (Å²) in [5.74, 6) is -3.92. The molecule has 0 radical (unpaired) electrons. The van der Waals surface area contributed by atoms with E-state index in [0.717, 1.165) is 4.90 Å². The summed E-state index contributed by atoms with van der Waals surface area (Å²) in [5.41, 5.74) is 2.46. The second-order valence-electron chi connectivity index (χ2n) is 17.7. The van der Waals surface area contributed by atoms with Crippen molar-refractivity contribution in [3.8, 4) is 23.0 Å². The Balaban J connectivity index is 1.37. The van der Waals surface area contributed by atoms with Crippen LogP contribution in [0.25, 0.3) is 0 Å². The highest BCUT2D eigenvalue weighted by Gasteiger charge is 2.40. The van der Waals surface area contributed by atoms with Gasteiger partial charge in [0.15, 0.2) is 11.5 Å². The van der Waals surface area contributed by atoms with E-state index in [0.29, 0.717) is 45.3 Å². The number of ether oxygens (including phenoxy) is 5. The SMILES string of the molecule is COc1ccc(C[C@H]2C(=O)N[C@@H](C)C(=O)N(C)[C@H]3Cc4ccc(cc4)Oc4cc(ccc4OC)C[C@@H](C(=O)N[C@H](C)C(=O)OC[C@H](NC(=O)C(C)NC(=O)OCc4ccccc4)C(=O)N2C)N(C)C3=O)cc1. The third-order valence-corrected chi connectivity index (χ3v) is 12.5. The Morgan fingerprint density at radius 3 is 2.01 bits per heavy atom. The summed E-state index contributed by atoms with van der Waals surface area (Å²) < 4.78 is 28.0. The summed E-state index contributed by atoms with van der Waals surface area (Å²) in [5, 5.41) is 10.3. The summed E-state index contributed by atoms with van der Waals surface area (Å²) in [4.78, 5) is 117. The van der Waals surface area contributed by atoms with Crippen molar-refractivity contribution >= 4 is 47.5 Å². The van der Waals surface area contributed by atoms with Crippen LogP contribution in [0.3, 0.4) is 0 Å². The highest BCUT2D eigenvalue weighted by Crippen LogP contribution is 2.34. The fourth-order valence-corrected chi connectivity index (χ4v) is 8.14. The van der Waals surface area contributed by atoms with Gasteiger partial charge >= 0.3 is 12.1 Å². The topological polar surface area (TPSA) is 241 Å². The zero-order chi connectivity index (χ0) is 52.2. The number of hydrogen-bond donors (Lipinski definition) is 4. The molecule has 7 rings (SSSR count). The molecule has 1 unspecified atom stereocenters. The van der Waals surface area contributed by atoms with Crippen molar-refractivity contribution in [2.75, 3.05) is 42.0 Å². The van der Waals surface area contributed by atoms with Crippen LogP contribution in [-0.2, 0) is 68.9 Å². The number of esters is 1. The minimum Gasteiger partial charge on any atom is -0.497 e. The lowest BCUT2D eigenvalue weighted by molar-refractivity contribution is -0.152. The second kappa shape index (κ2) is 24.1. The molecule has 0 aliphatic carbocycles. The lowest BCUT2D eigenvalue weighted by Gasteiger charge is -2.36. The first-order valence-electron chi connectivity index (χ1n) is 23.3. The predicted octanol–water partition coefficient (Wildman–Crippen LogP) is 2.68. The summed E-state index contributed by atoms with van der Waals surface area (Å²) in [6, 6.07) is 18.0. The predicted molar refractivity (Wildman–Crippen MR) is 261 cm³/mol. The maximum absolute atomic E-state index is 14.9. The lowest BCUT2D eigenvalue weighted by atomic mass is 9.99. The van der Waals surface area contributed by atoms with Crippen molar-refractivity contribution in [3.05, 3.63) is 119 Å². The van der Waals surface area contributed by atoms with Gasteiger partial charge in [0.25, 0.3) is 0 Å². The molecule has 20 heteroatoms. The van der Waals surface area contributed by atoms with Crippen LogP contribution in [-0.4, -0.2) is 146 Å². The number of amides is 7. The van der Waals surface area contributed by atoms with Gasteiger partial charge in [0.1, 0.15) is 67.0 Å². The zero-order valence-electron chi connectivity index (χ0n) is 41.5. The van der Waals surface area contributed by atoms with Gasteiger partial charge in [-0.3, -0.25) is 28.8 Å². The third-order valence-electron chi connectivity index (χ3n) is 12.5. The average molecular weight is 992 g/mol. The van der Waals surface area contributed by atoms with Crippen molar-refractivity contribution in [2.24, 2.45) is 0 Å². The van der Waals surface area contributed by atoms with Crippen LogP contribution in [0, 0.1) is 0 Å². The van der Waals surface area contributed by atoms with E-state index in [-0.39, 0.29) is 25.9 Å². The van der Waals surface area contributed by atoms with Crippen molar-refractivity contribution in [1.29, 1.82) is 0 Å². The van der Waals surface area contributed by atoms with Gasteiger partial charge in [-0.2, -0.15) is 0 Å². The van der Waals surface area contributed by atoms with E-state index >= 15 is 0 Å². The van der Waals surface area contributed by atoms with Crippen LogP contribution in [0.2, 0.25) is 0 Å². The molecular weight excluding hydrogens is 931 g/mol. The van der Waals surface area contributed by atoms with E-state index in [1.807, 2.05) is 0 Å². The first kappa shape index (κ1) is 53.2. The fraction of sp³-hybridized carbons (Fsp3) is 0.385. The number of alkyl carbamates (subject to hydrolysis) is 1. The van der Waals surface area contributed by atoms with Crippen LogP contribution in [0.4, 0.5) is 4.79 Å². The van der Waals surface area contributed by atoms with Gasteiger partial charge in [0, 0.05) is 40.4 Å². The van der Waals surface area contributed by atoms with Crippen molar-refractivity contribution in [2.45, 2.75) is 88.9 Å². The number of methoxy groups -OCH3 is 2. The number of benzene rings is 4. The quantitative estimate of drug-likeness (QED) is 0.177. The van der Waals surface area contributed by atoms with Gasteiger partial charge in [-0.1, -0.05) is 60.7 Å². The maximum atomic E-state index is 14.9. The number of carbonyl (C=O) groups is 8. The van der Waals surface area contributed by atoms with E-state index < -0.39 is 96.4 Å². The first-order chi connectivity index (χ1) is 34.4. The molecule has 4 aromatic rings. The van der Waals surface area contributed by atoms with E-state index in [1.165, 1.54) is 65.9 Å². The summed E-state index contributed by atoms with van der Waals surface area (Å²) >= 11 is 0. The van der Waals surface area contributed by atoms with Crippen molar-refractivity contribution < 1.29 is 62.0 Å². The number of carbonyl (C=O) groups excluding carboxylic acids is 8. The smallest absolute Gasteiger partial charge is 0.408 e. The molecule has 3 heterocycles. The number of nitrogens with zero attached hydrogens (tertiary/aromatic N) is 3. The normalized spacial score (nSPS) is 21.9. The molecule has 20 nitrogen and oxygen atoms in total. The van der Waals surface area contributed by atoms with Crippen molar-refractivity contribution in [3.63, 3.8) is 0 Å². The highest BCUT2D eigenvalue weighted by molar-refractivity contribution is 5.97.